The van der Waals surface area contributed by atoms with E-state index in [9.17, 15) is 9.59 Å². The van der Waals surface area contributed by atoms with Gasteiger partial charge in [0.1, 0.15) is 0 Å². The highest BCUT2D eigenvalue weighted by Gasteiger charge is 2.19. The number of carboxylic acids is 1. The third-order valence-electron chi connectivity index (χ3n) is 3.30. The van der Waals surface area contributed by atoms with Gasteiger partial charge in [-0.3, -0.25) is 9.59 Å². The first-order valence-electron chi connectivity index (χ1n) is 7.21. The fourth-order valence-electron chi connectivity index (χ4n) is 2.18. The van der Waals surface area contributed by atoms with Crippen LogP contribution < -0.4 is 0 Å². The molecule has 6 heteroatoms. The maximum atomic E-state index is 12.0. The average molecular weight is 287 g/mol. The summed E-state index contributed by atoms with van der Waals surface area (Å²) in [6, 6.07) is 0.0000143. The summed E-state index contributed by atoms with van der Waals surface area (Å²) in [6.07, 6.45) is 2.51. The van der Waals surface area contributed by atoms with E-state index in [-0.39, 0.29) is 37.4 Å². The molecular weight excluding hydrogens is 262 g/mol. The largest absolute Gasteiger partial charge is 0.481 e. The van der Waals surface area contributed by atoms with Crippen molar-refractivity contribution in [2.45, 2.75) is 51.7 Å². The molecule has 0 aromatic carbocycles. The first-order chi connectivity index (χ1) is 9.50. The number of carboxylic acid groups (broad SMARTS) is 1. The van der Waals surface area contributed by atoms with E-state index >= 15 is 0 Å². The summed E-state index contributed by atoms with van der Waals surface area (Å²) in [4.78, 5) is 24.2. The van der Waals surface area contributed by atoms with Gasteiger partial charge in [0, 0.05) is 19.2 Å². The van der Waals surface area contributed by atoms with Crippen molar-refractivity contribution < 1.29 is 24.2 Å². The van der Waals surface area contributed by atoms with Crippen LogP contribution in [-0.2, 0) is 19.1 Å². The van der Waals surface area contributed by atoms with Crippen molar-refractivity contribution in [1.82, 2.24) is 4.90 Å². The number of nitrogens with zero attached hydrogens (tertiary/aromatic N) is 1. The molecule has 0 aromatic rings. The standard InChI is InChI=1S/C14H25NO5/c1-11(2)15(7-5-14(17)18)13(16)6-9-19-10-12-4-3-8-20-12/h11-12H,3-10H2,1-2H3,(H,17,18). The number of aliphatic carboxylic acids is 1. The molecule has 1 aliphatic heterocycles. The molecule has 1 atom stereocenters. The fourth-order valence-corrected chi connectivity index (χ4v) is 2.18. The van der Waals surface area contributed by atoms with Crippen LogP contribution in [-0.4, -0.2) is 60.4 Å². The number of ether oxygens (including phenoxy) is 2. The number of carbonyl (C=O) groups excluding carboxylic acids is 1. The molecule has 1 heterocycles. The van der Waals surface area contributed by atoms with Gasteiger partial charge in [-0.25, -0.2) is 0 Å². The smallest absolute Gasteiger partial charge is 0.305 e. The van der Waals surface area contributed by atoms with Crippen LogP contribution in [0.2, 0.25) is 0 Å². The number of carbonyl (C=O) groups is 2. The number of hydrogen-bond acceptors (Lipinski definition) is 4. The van der Waals surface area contributed by atoms with Crippen molar-refractivity contribution in [3.63, 3.8) is 0 Å². The van der Waals surface area contributed by atoms with Gasteiger partial charge < -0.3 is 19.5 Å². The third-order valence-corrected chi connectivity index (χ3v) is 3.30. The van der Waals surface area contributed by atoms with E-state index in [1.807, 2.05) is 13.8 Å². The highest BCUT2D eigenvalue weighted by Crippen LogP contribution is 2.12. The maximum absolute atomic E-state index is 12.0. The second-order valence-corrected chi connectivity index (χ2v) is 5.28. The Morgan fingerprint density at radius 2 is 2.15 bits per heavy atom. The lowest BCUT2D eigenvalue weighted by Gasteiger charge is -2.26. The molecule has 116 valence electrons. The van der Waals surface area contributed by atoms with Gasteiger partial charge >= 0.3 is 5.97 Å². The van der Waals surface area contributed by atoms with Crippen LogP contribution in [0.25, 0.3) is 0 Å². The van der Waals surface area contributed by atoms with Gasteiger partial charge in [-0.1, -0.05) is 0 Å². The first-order valence-corrected chi connectivity index (χ1v) is 7.21. The Labute approximate surface area is 120 Å². The summed E-state index contributed by atoms with van der Waals surface area (Å²) in [5.74, 6) is -0.952. The van der Waals surface area contributed by atoms with E-state index in [1.54, 1.807) is 4.90 Å². The molecule has 1 saturated heterocycles. The van der Waals surface area contributed by atoms with Crippen molar-refractivity contribution in [1.29, 1.82) is 0 Å². The van der Waals surface area contributed by atoms with E-state index in [1.165, 1.54) is 0 Å². The normalized spacial score (nSPS) is 18.4. The molecule has 0 aliphatic carbocycles. The SMILES string of the molecule is CC(C)N(CCC(=O)O)C(=O)CCOCC1CCCO1. The Balaban J connectivity index is 2.21. The molecule has 20 heavy (non-hydrogen) atoms. The van der Waals surface area contributed by atoms with Crippen LogP contribution in [0.1, 0.15) is 39.5 Å². The van der Waals surface area contributed by atoms with Crippen LogP contribution in [0.3, 0.4) is 0 Å². The van der Waals surface area contributed by atoms with Crippen molar-refractivity contribution in [2.24, 2.45) is 0 Å². The highest BCUT2D eigenvalue weighted by atomic mass is 16.5. The minimum atomic E-state index is -0.891. The minimum absolute atomic E-state index is 0.0000143. The molecule has 0 bridgehead atoms. The Bertz CT molecular complexity index is 313. The van der Waals surface area contributed by atoms with Gasteiger partial charge in [0.25, 0.3) is 0 Å². The maximum Gasteiger partial charge on any atom is 0.305 e. The van der Waals surface area contributed by atoms with Crippen LogP contribution >= 0.6 is 0 Å². The van der Waals surface area contributed by atoms with Gasteiger partial charge in [0.05, 0.1) is 32.2 Å². The van der Waals surface area contributed by atoms with E-state index < -0.39 is 5.97 Å². The summed E-state index contributed by atoms with van der Waals surface area (Å²) >= 11 is 0. The lowest BCUT2D eigenvalue weighted by Crippen LogP contribution is -2.39. The summed E-state index contributed by atoms with van der Waals surface area (Å²) in [5.41, 5.74) is 0. The minimum Gasteiger partial charge on any atom is -0.481 e. The predicted molar refractivity (Wildman–Crippen MR) is 73.5 cm³/mol. The number of rotatable bonds is 9. The van der Waals surface area contributed by atoms with Gasteiger partial charge in [0.2, 0.25) is 5.91 Å². The quantitative estimate of drug-likeness (QED) is 0.647. The molecule has 1 rings (SSSR count). The zero-order chi connectivity index (χ0) is 15.0. The van der Waals surface area contributed by atoms with Gasteiger partial charge in [-0.05, 0) is 26.7 Å². The second kappa shape index (κ2) is 8.92. The van der Waals surface area contributed by atoms with Crippen LogP contribution in [0.15, 0.2) is 0 Å². The summed E-state index contributed by atoms with van der Waals surface area (Å²) in [6.45, 7) is 5.69. The molecular formula is C14H25NO5. The molecule has 1 aliphatic rings. The first kappa shape index (κ1) is 16.9. The zero-order valence-electron chi connectivity index (χ0n) is 12.3. The van der Waals surface area contributed by atoms with Crippen molar-refractivity contribution in [3.8, 4) is 0 Å². The van der Waals surface area contributed by atoms with Gasteiger partial charge in [0.15, 0.2) is 0 Å². The molecule has 1 unspecified atom stereocenters. The fraction of sp³-hybridized carbons (Fsp3) is 0.857. The second-order valence-electron chi connectivity index (χ2n) is 5.28. The monoisotopic (exact) mass is 287 g/mol. The van der Waals surface area contributed by atoms with E-state index in [0.717, 1.165) is 19.4 Å². The van der Waals surface area contributed by atoms with Crippen molar-refractivity contribution >= 4 is 11.9 Å². The van der Waals surface area contributed by atoms with Crippen LogP contribution in [0, 0.1) is 0 Å². The average Bonchev–Trinajstić information content (AvgIpc) is 2.87. The predicted octanol–water partition coefficient (Wildman–Crippen LogP) is 1.28. The molecule has 1 N–H and O–H groups in total. The number of hydrogen-bond donors (Lipinski definition) is 1. The van der Waals surface area contributed by atoms with Crippen molar-refractivity contribution in [2.75, 3.05) is 26.4 Å². The van der Waals surface area contributed by atoms with Crippen LogP contribution in [0.5, 0.6) is 0 Å². The third kappa shape index (κ3) is 6.34. The number of amides is 1. The molecule has 0 aromatic heterocycles. The van der Waals surface area contributed by atoms with Crippen molar-refractivity contribution in [3.05, 3.63) is 0 Å². The highest BCUT2D eigenvalue weighted by molar-refractivity contribution is 5.77. The summed E-state index contributed by atoms with van der Waals surface area (Å²) in [5, 5.41) is 8.68. The Kier molecular flexibility index (Phi) is 7.54. The van der Waals surface area contributed by atoms with E-state index in [2.05, 4.69) is 0 Å². The Morgan fingerprint density at radius 3 is 2.70 bits per heavy atom. The molecule has 6 nitrogen and oxygen atoms in total. The Morgan fingerprint density at radius 1 is 1.40 bits per heavy atom. The zero-order valence-corrected chi connectivity index (χ0v) is 12.3. The molecule has 0 saturated carbocycles. The topological polar surface area (TPSA) is 76.1 Å². The van der Waals surface area contributed by atoms with E-state index in [0.29, 0.717) is 13.2 Å². The van der Waals surface area contributed by atoms with Crippen LogP contribution in [0.4, 0.5) is 0 Å². The van der Waals surface area contributed by atoms with Gasteiger partial charge in [-0.2, -0.15) is 0 Å². The molecule has 1 fully saturated rings. The van der Waals surface area contributed by atoms with E-state index in [4.69, 9.17) is 14.6 Å². The molecule has 0 spiro atoms. The lowest BCUT2D eigenvalue weighted by molar-refractivity contribution is -0.139. The lowest BCUT2D eigenvalue weighted by atomic mass is 10.2. The van der Waals surface area contributed by atoms with Gasteiger partial charge in [-0.15, -0.1) is 0 Å². The molecule has 1 amide bonds. The Hall–Kier alpha value is -1.14. The molecule has 0 radical (unpaired) electrons. The summed E-state index contributed by atoms with van der Waals surface area (Å²) < 4.78 is 10.9. The summed E-state index contributed by atoms with van der Waals surface area (Å²) in [7, 11) is 0.